The zero-order chi connectivity index (χ0) is 19.9. The minimum absolute atomic E-state index is 0. The molecule has 1 atom stereocenters. The summed E-state index contributed by atoms with van der Waals surface area (Å²) < 4.78 is 40.7. The van der Waals surface area contributed by atoms with Gasteiger partial charge in [0.1, 0.15) is 5.75 Å². The number of ether oxygens (including phenoxy) is 3. The minimum Gasteiger partial charge on any atom is -0.454 e. The van der Waals surface area contributed by atoms with E-state index < -0.39 is 6.61 Å². The molecule has 0 amide bonds. The maximum absolute atomic E-state index is 12.7. The van der Waals surface area contributed by atoms with Gasteiger partial charge >= 0.3 is 6.61 Å². The van der Waals surface area contributed by atoms with Gasteiger partial charge in [-0.1, -0.05) is 6.92 Å². The van der Waals surface area contributed by atoms with Gasteiger partial charge in [0.25, 0.3) is 0 Å². The number of alkyl halides is 2. The number of hydrogen-bond donors (Lipinski definition) is 2. The van der Waals surface area contributed by atoms with Crippen LogP contribution in [0.2, 0.25) is 0 Å². The topological polar surface area (TPSA) is 67.4 Å². The SMILES string of the molecule is CN=C(NCc1cc2c(cc1OC(F)F)OCO2)NCC(C)CN1CCCC1.I. The summed E-state index contributed by atoms with van der Waals surface area (Å²) in [6.45, 7) is 3.80. The molecule has 1 aromatic rings. The van der Waals surface area contributed by atoms with Gasteiger partial charge in [-0.05, 0) is 37.9 Å². The van der Waals surface area contributed by atoms with E-state index >= 15 is 0 Å². The Hall–Kier alpha value is -1.56. The lowest BCUT2D eigenvalue weighted by molar-refractivity contribution is -0.0505. The van der Waals surface area contributed by atoms with Crippen molar-refractivity contribution in [1.82, 2.24) is 15.5 Å². The molecular weight excluding hydrogens is 497 g/mol. The molecule has 2 aliphatic heterocycles. The summed E-state index contributed by atoms with van der Waals surface area (Å²) in [5.41, 5.74) is 0.539. The third-order valence-corrected chi connectivity index (χ3v) is 4.83. The summed E-state index contributed by atoms with van der Waals surface area (Å²) in [5, 5.41) is 6.44. The molecular formula is C19H29F2IN4O3. The number of likely N-dealkylation sites (tertiary alicyclic amines) is 1. The van der Waals surface area contributed by atoms with Crippen LogP contribution < -0.4 is 24.8 Å². The Bertz CT molecular complexity index is 688. The molecule has 1 fully saturated rings. The Labute approximate surface area is 187 Å². The first-order valence-corrected chi connectivity index (χ1v) is 9.59. The van der Waals surface area contributed by atoms with E-state index in [0.29, 0.717) is 28.9 Å². The fourth-order valence-electron chi connectivity index (χ4n) is 3.45. The minimum atomic E-state index is -2.91. The highest BCUT2D eigenvalue weighted by Gasteiger charge is 2.20. The fourth-order valence-corrected chi connectivity index (χ4v) is 3.45. The van der Waals surface area contributed by atoms with Crippen molar-refractivity contribution in [1.29, 1.82) is 0 Å². The van der Waals surface area contributed by atoms with Crippen LogP contribution in [-0.2, 0) is 6.54 Å². The first kappa shape index (κ1) is 23.7. The van der Waals surface area contributed by atoms with Gasteiger partial charge in [0.2, 0.25) is 6.79 Å². The lowest BCUT2D eigenvalue weighted by Gasteiger charge is -2.21. The predicted octanol–water partition coefficient (Wildman–Crippen LogP) is 3.03. The van der Waals surface area contributed by atoms with Crippen molar-refractivity contribution >= 4 is 29.9 Å². The highest BCUT2D eigenvalue weighted by molar-refractivity contribution is 14.0. The lowest BCUT2D eigenvalue weighted by Crippen LogP contribution is -2.41. The molecule has 0 saturated carbocycles. The van der Waals surface area contributed by atoms with Crippen LogP contribution in [0.25, 0.3) is 0 Å². The van der Waals surface area contributed by atoms with E-state index in [1.807, 2.05) is 0 Å². The molecule has 0 aromatic heterocycles. The van der Waals surface area contributed by atoms with Crippen molar-refractivity contribution in [2.24, 2.45) is 10.9 Å². The van der Waals surface area contributed by atoms with E-state index in [0.717, 1.165) is 13.1 Å². The smallest absolute Gasteiger partial charge is 0.387 e. The van der Waals surface area contributed by atoms with Crippen molar-refractivity contribution in [3.63, 3.8) is 0 Å². The molecule has 1 unspecified atom stereocenters. The second kappa shape index (κ2) is 11.6. The van der Waals surface area contributed by atoms with Crippen LogP contribution in [0.1, 0.15) is 25.3 Å². The van der Waals surface area contributed by atoms with Crippen molar-refractivity contribution < 1.29 is 23.0 Å². The number of benzene rings is 1. The number of rotatable bonds is 8. The maximum Gasteiger partial charge on any atom is 0.387 e. The molecule has 0 spiro atoms. The molecule has 2 aliphatic rings. The monoisotopic (exact) mass is 526 g/mol. The van der Waals surface area contributed by atoms with E-state index in [2.05, 4.69) is 32.2 Å². The summed E-state index contributed by atoms with van der Waals surface area (Å²) in [6, 6.07) is 3.08. The van der Waals surface area contributed by atoms with E-state index in [1.54, 1.807) is 13.1 Å². The molecule has 0 radical (unpaired) electrons. The van der Waals surface area contributed by atoms with E-state index in [9.17, 15) is 8.78 Å². The Morgan fingerprint density at radius 3 is 2.55 bits per heavy atom. The largest absolute Gasteiger partial charge is 0.454 e. The zero-order valence-electron chi connectivity index (χ0n) is 16.7. The van der Waals surface area contributed by atoms with Gasteiger partial charge in [-0.3, -0.25) is 4.99 Å². The molecule has 3 rings (SSSR count). The van der Waals surface area contributed by atoms with E-state index in [1.165, 1.54) is 32.0 Å². The summed E-state index contributed by atoms with van der Waals surface area (Å²) in [5.74, 6) is 2.05. The number of halogens is 3. The number of fused-ring (bicyclic) bond motifs is 1. The summed E-state index contributed by atoms with van der Waals surface area (Å²) in [7, 11) is 1.68. The molecule has 7 nitrogen and oxygen atoms in total. The van der Waals surface area contributed by atoms with E-state index in [-0.39, 0.29) is 43.1 Å². The summed E-state index contributed by atoms with van der Waals surface area (Å²) in [4.78, 5) is 6.68. The third-order valence-electron chi connectivity index (χ3n) is 4.83. The Morgan fingerprint density at radius 1 is 1.21 bits per heavy atom. The highest BCUT2D eigenvalue weighted by atomic mass is 127. The van der Waals surface area contributed by atoms with E-state index in [4.69, 9.17) is 9.47 Å². The Balaban J connectivity index is 0.00000300. The first-order valence-electron chi connectivity index (χ1n) is 9.59. The van der Waals surface area contributed by atoms with Gasteiger partial charge in [0.05, 0.1) is 0 Å². The van der Waals surface area contributed by atoms with Crippen LogP contribution in [0.15, 0.2) is 17.1 Å². The zero-order valence-corrected chi connectivity index (χ0v) is 19.1. The third kappa shape index (κ3) is 7.02. The number of guanidine groups is 1. The molecule has 0 bridgehead atoms. The van der Waals surface area contributed by atoms with Gasteiger partial charge in [-0.15, -0.1) is 24.0 Å². The molecule has 0 aliphatic carbocycles. The average molecular weight is 526 g/mol. The van der Waals surface area contributed by atoms with Crippen LogP contribution >= 0.6 is 24.0 Å². The molecule has 2 heterocycles. The number of aliphatic imine (C=N–C) groups is 1. The Morgan fingerprint density at radius 2 is 1.90 bits per heavy atom. The standard InChI is InChI=1S/C19H28F2N4O3.HI/c1-13(11-25-5-3-4-6-25)9-23-19(22-2)24-10-14-7-16-17(27-12-26-16)8-15(14)28-18(20)21;/h7-8,13,18H,3-6,9-12H2,1-2H3,(H2,22,23,24);1H. The average Bonchev–Trinajstić information content (AvgIpc) is 3.32. The molecule has 29 heavy (non-hydrogen) atoms. The first-order chi connectivity index (χ1) is 13.5. The van der Waals surface area contributed by atoms with Crippen LogP contribution in [0.4, 0.5) is 8.78 Å². The van der Waals surface area contributed by atoms with Crippen molar-refractivity contribution in [2.45, 2.75) is 32.9 Å². The van der Waals surface area contributed by atoms with Gasteiger partial charge in [0.15, 0.2) is 17.5 Å². The highest BCUT2D eigenvalue weighted by Crippen LogP contribution is 2.38. The molecule has 10 heteroatoms. The van der Waals surface area contributed by atoms with Gasteiger partial charge in [-0.25, -0.2) is 0 Å². The lowest BCUT2D eigenvalue weighted by atomic mass is 10.1. The molecule has 164 valence electrons. The molecule has 1 aromatic carbocycles. The number of hydrogen-bond acceptors (Lipinski definition) is 5. The predicted molar refractivity (Wildman–Crippen MR) is 118 cm³/mol. The van der Waals surface area contributed by atoms with Crippen molar-refractivity contribution in [3.8, 4) is 17.2 Å². The number of nitrogens with zero attached hydrogens (tertiary/aromatic N) is 2. The molecule has 1 saturated heterocycles. The van der Waals surface area contributed by atoms with Crippen LogP contribution in [0.3, 0.4) is 0 Å². The summed E-state index contributed by atoms with van der Waals surface area (Å²) >= 11 is 0. The van der Waals surface area contributed by atoms with Gasteiger partial charge < -0.3 is 29.7 Å². The van der Waals surface area contributed by atoms with Gasteiger partial charge in [0, 0.05) is 38.3 Å². The Kier molecular flexibility index (Phi) is 9.47. The second-order valence-corrected chi connectivity index (χ2v) is 7.11. The van der Waals surface area contributed by atoms with Gasteiger partial charge in [-0.2, -0.15) is 8.78 Å². The van der Waals surface area contributed by atoms with Crippen molar-refractivity contribution in [3.05, 3.63) is 17.7 Å². The maximum atomic E-state index is 12.7. The second-order valence-electron chi connectivity index (χ2n) is 7.11. The van der Waals surface area contributed by atoms with Crippen LogP contribution in [0.5, 0.6) is 17.2 Å². The van der Waals surface area contributed by atoms with Crippen LogP contribution in [0, 0.1) is 5.92 Å². The fraction of sp³-hybridized carbons (Fsp3) is 0.632. The number of nitrogens with one attached hydrogen (secondary N) is 2. The summed E-state index contributed by atoms with van der Waals surface area (Å²) in [6.07, 6.45) is 2.56. The van der Waals surface area contributed by atoms with Crippen LogP contribution in [-0.4, -0.2) is 57.5 Å². The quantitative estimate of drug-likeness (QED) is 0.309. The van der Waals surface area contributed by atoms with Crippen molar-refractivity contribution in [2.75, 3.05) is 40.0 Å². The normalized spacial score (nSPS) is 17.2. The molecule has 2 N–H and O–H groups in total.